The molecule has 2 aromatic carbocycles. The topological polar surface area (TPSA) is 85.2 Å². The highest BCUT2D eigenvalue weighted by atomic mass is 16.6. The van der Waals surface area contributed by atoms with E-state index in [2.05, 4.69) is 12.1 Å². The summed E-state index contributed by atoms with van der Waals surface area (Å²) in [5, 5.41) is 10.1. The van der Waals surface area contributed by atoms with Gasteiger partial charge in [-0.25, -0.2) is 0 Å². The van der Waals surface area contributed by atoms with E-state index in [1.54, 1.807) is 25.3 Å². The van der Waals surface area contributed by atoms with Gasteiger partial charge in [0.1, 0.15) is 18.3 Å². The number of carbonyl (C=O) groups is 2. The van der Waals surface area contributed by atoms with Crippen LogP contribution in [-0.4, -0.2) is 42.9 Å². The van der Waals surface area contributed by atoms with Crippen LogP contribution in [0.4, 0.5) is 0 Å². The fourth-order valence-electron chi connectivity index (χ4n) is 5.06. The average molecular weight is 462 g/mol. The van der Waals surface area contributed by atoms with Gasteiger partial charge in [-0.15, -0.1) is 0 Å². The van der Waals surface area contributed by atoms with Crippen molar-refractivity contribution in [1.82, 2.24) is 0 Å². The third-order valence-corrected chi connectivity index (χ3v) is 6.67. The van der Waals surface area contributed by atoms with Crippen molar-refractivity contribution < 1.29 is 24.2 Å². The van der Waals surface area contributed by atoms with Crippen molar-refractivity contribution >= 4 is 17.5 Å². The van der Waals surface area contributed by atoms with Gasteiger partial charge in [-0.3, -0.25) is 14.6 Å². The van der Waals surface area contributed by atoms with E-state index in [4.69, 9.17) is 14.5 Å². The first kappa shape index (κ1) is 23.9. The molecule has 3 atom stereocenters. The Morgan fingerprint density at radius 3 is 2.62 bits per heavy atom. The van der Waals surface area contributed by atoms with Crippen LogP contribution < -0.4 is 0 Å². The van der Waals surface area contributed by atoms with Crippen molar-refractivity contribution in [3.05, 3.63) is 77.0 Å². The van der Waals surface area contributed by atoms with E-state index in [9.17, 15) is 14.7 Å². The third kappa shape index (κ3) is 5.28. The van der Waals surface area contributed by atoms with Crippen LogP contribution >= 0.6 is 0 Å². The van der Waals surface area contributed by atoms with E-state index < -0.39 is 17.8 Å². The fraction of sp³-hybridized carbons (Fsp3) is 0.393. The molecule has 0 radical (unpaired) electrons. The number of nitrogens with zero attached hydrogens (tertiary/aromatic N) is 1. The quantitative estimate of drug-likeness (QED) is 0.458. The summed E-state index contributed by atoms with van der Waals surface area (Å²) >= 11 is 0. The Morgan fingerprint density at radius 2 is 1.88 bits per heavy atom. The van der Waals surface area contributed by atoms with Gasteiger partial charge in [0.15, 0.2) is 5.78 Å². The normalized spacial score (nSPS) is 22.2. The van der Waals surface area contributed by atoms with Crippen LogP contribution in [-0.2, 0) is 25.5 Å². The van der Waals surface area contributed by atoms with Crippen LogP contribution in [0.2, 0.25) is 0 Å². The molecule has 0 amide bonds. The molecule has 1 aliphatic heterocycles. The molecule has 1 heterocycles. The Labute approximate surface area is 200 Å². The van der Waals surface area contributed by atoms with Crippen LogP contribution in [0.5, 0.6) is 5.75 Å². The first-order valence-electron chi connectivity index (χ1n) is 11.8. The van der Waals surface area contributed by atoms with Gasteiger partial charge in [0, 0.05) is 36.4 Å². The fourth-order valence-corrected chi connectivity index (χ4v) is 5.06. The summed E-state index contributed by atoms with van der Waals surface area (Å²) in [6.45, 7) is 2.24. The Hall–Kier alpha value is -3.25. The van der Waals surface area contributed by atoms with Crippen molar-refractivity contribution in [2.75, 3.05) is 20.3 Å². The molecule has 0 saturated heterocycles. The zero-order chi connectivity index (χ0) is 24.1. The molecule has 0 fully saturated rings. The monoisotopic (exact) mass is 461 g/mol. The number of hydrogen-bond donors (Lipinski definition) is 1. The minimum absolute atomic E-state index is 0.0265. The second-order valence-corrected chi connectivity index (χ2v) is 9.05. The number of aryl methyl sites for hydroxylation is 1. The van der Waals surface area contributed by atoms with Gasteiger partial charge < -0.3 is 14.6 Å². The Bertz CT molecular complexity index is 1100. The molecule has 34 heavy (non-hydrogen) atoms. The molecule has 1 aliphatic carbocycles. The molecule has 6 heteroatoms. The highest BCUT2D eigenvalue weighted by Gasteiger charge is 2.44. The number of ketones is 1. The lowest BCUT2D eigenvalue weighted by atomic mass is 9.69. The van der Waals surface area contributed by atoms with Crippen LogP contribution in [0.3, 0.4) is 0 Å². The number of methoxy groups -OCH3 is 1. The number of aromatic hydroxyl groups is 1. The maximum absolute atomic E-state index is 13.5. The maximum Gasteiger partial charge on any atom is 0.315 e. The van der Waals surface area contributed by atoms with Gasteiger partial charge in [-0.05, 0) is 55.4 Å². The number of carbonyl (C=O) groups excluding carboxylic acids is 2. The number of benzene rings is 2. The van der Waals surface area contributed by atoms with Gasteiger partial charge >= 0.3 is 5.97 Å². The minimum atomic E-state index is -0.720. The van der Waals surface area contributed by atoms with Crippen molar-refractivity contribution in [2.24, 2.45) is 16.8 Å². The molecular weight excluding hydrogens is 430 g/mol. The number of ether oxygens (including phenoxy) is 2. The van der Waals surface area contributed by atoms with Crippen molar-refractivity contribution in [3.63, 3.8) is 0 Å². The molecule has 0 bridgehead atoms. The van der Waals surface area contributed by atoms with Gasteiger partial charge in [-0.2, -0.15) is 0 Å². The molecule has 1 N–H and O–H groups in total. The highest BCUT2D eigenvalue weighted by molar-refractivity contribution is 6.09. The van der Waals surface area contributed by atoms with E-state index in [1.165, 1.54) is 5.56 Å². The van der Waals surface area contributed by atoms with Crippen molar-refractivity contribution in [3.8, 4) is 5.75 Å². The molecule has 2 aliphatic rings. The molecular formula is C28H31NO5. The maximum atomic E-state index is 13.5. The summed E-state index contributed by atoms with van der Waals surface area (Å²) in [4.78, 5) is 31.4. The van der Waals surface area contributed by atoms with Gasteiger partial charge in [0.2, 0.25) is 0 Å². The number of allylic oxidation sites excluding steroid dienone is 2. The lowest BCUT2D eigenvalue weighted by Gasteiger charge is -2.36. The zero-order valence-corrected chi connectivity index (χ0v) is 19.7. The van der Waals surface area contributed by atoms with E-state index >= 15 is 0 Å². The molecule has 3 unspecified atom stereocenters. The summed E-state index contributed by atoms with van der Waals surface area (Å²) in [5.41, 5.74) is 3.95. The lowest BCUT2D eigenvalue weighted by Crippen LogP contribution is -2.38. The van der Waals surface area contributed by atoms with Crippen LogP contribution in [0.15, 0.2) is 70.9 Å². The summed E-state index contributed by atoms with van der Waals surface area (Å²) in [6.07, 6.45) is 2.95. The number of esters is 1. The van der Waals surface area contributed by atoms with Gasteiger partial charge in [-0.1, -0.05) is 42.5 Å². The molecule has 178 valence electrons. The Kier molecular flexibility index (Phi) is 7.58. The minimum Gasteiger partial charge on any atom is -0.508 e. The average Bonchev–Trinajstić information content (AvgIpc) is 2.82. The lowest BCUT2D eigenvalue weighted by molar-refractivity contribution is -0.147. The predicted molar refractivity (Wildman–Crippen MR) is 130 cm³/mol. The summed E-state index contributed by atoms with van der Waals surface area (Å²) in [5.74, 6) is -1.36. The van der Waals surface area contributed by atoms with Crippen LogP contribution in [0.1, 0.15) is 43.2 Å². The number of Topliss-reactive ketones (excluding diaryl/α,β-unsaturated/α-hetero) is 1. The second-order valence-electron chi connectivity index (χ2n) is 9.05. The number of hydrogen-bond acceptors (Lipinski definition) is 6. The number of aliphatic imine (C=N–C) groups is 1. The van der Waals surface area contributed by atoms with Crippen LogP contribution in [0, 0.1) is 11.8 Å². The van der Waals surface area contributed by atoms with Crippen molar-refractivity contribution in [2.45, 2.75) is 38.5 Å². The SMILES string of the molecule is COCCOC(=O)C1C(C)=NC2=C(C(=O)CC(CCc3ccccc3)C2)C1c1cccc(O)c1. The van der Waals surface area contributed by atoms with E-state index in [-0.39, 0.29) is 24.1 Å². The summed E-state index contributed by atoms with van der Waals surface area (Å²) in [7, 11) is 1.54. The van der Waals surface area contributed by atoms with Gasteiger partial charge in [0.05, 0.1) is 6.61 Å². The Balaban J connectivity index is 1.63. The van der Waals surface area contributed by atoms with E-state index in [0.29, 0.717) is 36.3 Å². The van der Waals surface area contributed by atoms with E-state index in [1.807, 2.05) is 31.2 Å². The van der Waals surface area contributed by atoms with E-state index in [0.717, 1.165) is 18.5 Å². The molecule has 4 rings (SSSR count). The molecule has 0 spiro atoms. The molecule has 2 aromatic rings. The first-order valence-corrected chi connectivity index (χ1v) is 11.8. The largest absolute Gasteiger partial charge is 0.508 e. The number of phenolic OH excluding ortho intramolecular Hbond substituents is 1. The highest BCUT2D eigenvalue weighted by Crippen LogP contribution is 2.45. The second kappa shape index (κ2) is 10.8. The van der Waals surface area contributed by atoms with Crippen molar-refractivity contribution in [1.29, 1.82) is 0 Å². The third-order valence-electron chi connectivity index (χ3n) is 6.67. The zero-order valence-electron chi connectivity index (χ0n) is 19.7. The smallest absolute Gasteiger partial charge is 0.315 e. The number of phenols is 1. The predicted octanol–water partition coefficient (Wildman–Crippen LogP) is 4.62. The first-order chi connectivity index (χ1) is 16.5. The number of rotatable bonds is 8. The molecule has 0 aromatic heterocycles. The molecule has 0 saturated carbocycles. The van der Waals surface area contributed by atoms with Gasteiger partial charge in [0.25, 0.3) is 0 Å². The molecule has 6 nitrogen and oxygen atoms in total. The summed E-state index contributed by atoms with van der Waals surface area (Å²) in [6, 6.07) is 17.1. The standard InChI is InChI=1S/C28H31NO5/c1-18-25(28(32)34-14-13-33-2)26(21-9-6-10-22(30)17-21)27-23(29-18)15-20(16-24(27)31)12-11-19-7-4-3-5-8-19/h3-10,17,20,25-26,30H,11-16H2,1-2H3. The Morgan fingerprint density at radius 1 is 1.09 bits per heavy atom. The summed E-state index contributed by atoms with van der Waals surface area (Å²) < 4.78 is 10.5. The van der Waals surface area contributed by atoms with Crippen LogP contribution in [0.25, 0.3) is 0 Å².